The van der Waals surface area contributed by atoms with Crippen LogP contribution in [0.5, 0.6) is 0 Å². The van der Waals surface area contributed by atoms with Crippen LogP contribution in [0, 0.1) is 11.8 Å². The van der Waals surface area contributed by atoms with Gasteiger partial charge >= 0.3 is 0 Å². The molecule has 10 nitrogen and oxygen atoms in total. The number of amides is 1. The lowest BCUT2D eigenvalue weighted by atomic mass is 9.99. The summed E-state index contributed by atoms with van der Waals surface area (Å²) in [5.74, 6) is 0.577. The summed E-state index contributed by atoms with van der Waals surface area (Å²) in [7, 11) is -3.35. The van der Waals surface area contributed by atoms with Gasteiger partial charge in [-0.2, -0.15) is 0 Å². The molecule has 2 aromatic heterocycles. The van der Waals surface area contributed by atoms with E-state index in [1.165, 1.54) is 10.5 Å². The zero-order valence-electron chi connectivity index (χ0n) is 20.0. The van der Waals surface area contributed by atoms with E-state index in [0.717, 1.165) is 32.6 Å². The maximum Gasteiger partial charge on any atom is 0.229 e. The zero-order valence-corrected chi connectivity index (χ0v) is 22.4. The van der Waals surface area contributed by atoms with Gasteiger partial charge in [-0.1, -0.05) is 23.2 Å². The first-order valence-electron chi connectivity index (χ1n) is 12.1. The summed E-state index contributed by atoms with van der Waals surface area (Å²) < 4.78 is 31.3. The summed E-state index contributed by atoms with van der Waals surface area (Å²) >= 11 is 12.8. The zero-order chi connectivity index (χ0) is 25.7. The van der Waals surface area contributed by atoms with Gasteiger partial charge < -0.3 is 15.4 Å². The molecular formula is C23H30Cl2N6O4S. The molecule has 0 spiro atoms. The van der Waals surface area contributed by atoms with Crippen LogP contribution in [0.2, 0.25) is 10.2 Å². The Morgan fingerprint density at radius 3 is 2.69 bits per heavy atom. The Hall–Kier alpha value is -2.05. The highest BCUT2D eigenvalue weighted by Crippen LogP contribution is 2.33. The predicted octanol–water partition coefficient (Wildman–Crippen LogP) is 3.68. The molecule has 0 aliphatic carbocycles. The number of nitrogens with one attached hydrogen (secondary N) is 2. The number of hydrogen-bond acceptors (Lipinski definition) is 8. The van der Waals surface area contributed by atoms with Gasteiger partial charge in [0.1, 0.15) is 17.3 Å². The van der Waals surface area contributed by atoms with E-state index < -0.39 is 15.9 Å². The minimum atomic E-state index is -3.35. The van der Waals surface area contributed by atoms with E-state index in [2.05, 4.69) is 25.6 Å². The van der Waals surface area contributed by atoms with Gasteiger partial charge in [-0.25, -0.2) is 27.7 Å². The van der Waals surface area contributed by atoms with Crippen LogP contribution in [0.3, 0.4) is 0 Å². The summed E-state index contributed by atoms with van der Waals surface area (Å²) in [6.07, 6.45) is 6.19. The standard InChI is InChI=1S/C23H30Cl2N6O4S/c1-2-36(33,34)31-7-3-4-16(14-31)23(32)30-19-10-17(18(24)12-27-19)21-22(25)28-13-20(29-21)26-11-15-5-8-35-9-6-15/h10,12-13,15-16H,2-9,11,14H2,1H3,(H,26,29)(H,27,30,32). The molecule has 0 saturated carbocycles. The van der Waals surface area contributed by atoms with Gasteiger partial charge in [0.05, 0.1) is 22.9 Å². The average molecular weight is 558 g/mol. The summed E-state index contributed by atoms with van der Waals surface area (Å²) in [5.41, 5.74) is 0.849. The number of piperidine rings is 1. The quantitative estimate of drug-likeness (QED) is 0.504. The predicted molar refractivity (Wildman–Crippen MR) is 140 cm³/mol. The normalized spacial score (nSPS) is 19.7. The lowest BCUT2D eigenvalue weighted by molar-refractivity contribution is -0.120. The minimum Gasteiger partial charge on any atom is -0.381 e. The van der Waals surface area contributed by atoms with Crippen molar-refractivity contribution in [3.05, 3.63) is 28.6 Å². The van der Waals surface area contributed by atoms with Crippen LogP contribution in [0.1, 0.15) is 32.6 Å². The Morgan fingerprint density at radius 2 is 1.94 bits per heavy atom. The molecule has 1 unspecified atom stereocenters. The molecule has 2 aliphatic heterocycles. The number of sulfonamides is 1. The number of halogens is 2. The molecule has 2 aromatic rings. The summed E-state index contributed by atoms with van der Waals surface area (Å²) in [6, 6.07) is 1.60. The van der Waals surface area contributed by atoms with Crippen molar-refractivity contribution < 1.29 is 17.9 Å². The second kappa shape index (κ2) is 12.0. The average Bonchev–Trinajstić information content (AvgIpc) is 2.90. The van der Waals surface area contributed by atoms with Gasteiger partial charge in [-0.05, 0) is 44.6 Å². The second-order valence-electron chi connectivity index (χ2n) is 8.97. The molecule has 1 atom stereocenters. The molecule has 4 heterocycles. The molecule has 0 aromatic carbocycles. The maximum atomic E-state index is 12.9. The Labute approximate surface area is 221 Å². The van der Waals surface area contributed by atoms with Gasteiger partial charge in [0, 0.05) is 44.6 Å². The largest absolute Gasteiger partial charge is 0.381 e. The lowest BCUT2D eigenvalue weighted by Crippen LogP contribution is -2.44. The Balaban J connectivity index is 1.48. The van der Waals surface area contributed by atoms with Crippen molar-refractivity contribution in [3.8, 4) is 11.3 Å². The molecule has 2 fully saturated rings. The van der Waals surface area contributed by atoms with Crippen molar-refractivity contribution in [3.63, 3.8) is 0 Å². The highest BCUT2D eigenvalue weighted by atomic mass is 35.5. The molecule has 2 saturated heterocycles. The lowest BCUT2D eigenvalue weighted by Gasteiger charge is -2.30. The van der Waals surface area contributed by atoms with Crippen LogP contribution >= 0.6 is 23.2 Å². The third-order valence-electron chi connectivity index (χ3n) is 6.52. The molecular weight excluding hydrogens is 527 g/mol. The third-order valence-corrected chi connectivity index (χ3v) is 8.94. The number of anilines is 2. The first kappa shape index (κ1) is 27.0. The smallest absolute Gasteiger partial charge is 0.229 e. The minimum absolute atomic E-state index is 0.00816. The molecule has 0 bridgehead atoms. The number of hydrogen-bond donors (Lipinski definition) is 2. The molecule has 13 heteroatoms. The van der Waals surface area contributed by atoms with Crippen molar-refractivity contribution in [2.24, 2.45) is 11.8 Å². The Bertz CT molecular complexity index is 1190. The number of rotatable bonds is 8. The second-order valence-corrected chi connectivity index (χ2v) is 12.0. The molecule has 36 heavy (non-hydrogen) atoms. The van der Waals surface area contributed by atoms with Crippen molar-refractivity contribution in [1.82, 2.24) is 19.3 Å². The summed E-state index contributed by atoms with van der Waals surface area (Å²) in [6.45, 7) is 4.45. The molecule has 0 radical (unpaired) electrons. The van der Waals surface area contributed by atoms with Crippen LogP contribution < -0.4 is 10.6 Å². The molecule has 196 valence electrons. The van der Waals surface area contributed by atoms with Crippen LogP contribution in [0.4, 0.5) is 11.6 Å². The van der Waals surface area contributed by atoms with Crippen molar-refractivity contribution in [1.29, 1.82) is 0 Å². The van der Waals surface area contributed by atoms with Crippen LogP contribution in [0.25, 0.3) is 11.3 Å². The van der Waals surface area contributed by atoms with Crippen LogP contribution in [-0.2, 0) is 19.6 Å². The number of nitrogens with zero attached hydrogens (tertiary/aromatic N) is 4. The first-order valence-corrected chi connectivity index (χ1v) is 14.4. The molecule has 4 rings (SSSR count). The fourth-order valence-corrected chi connectivity index (χ4v) is 5.90. The molecule has 1 amide bonds. The Morgan fingerprint density at radius 1 is 1.17 bits per heavy atom. The van der Waals surface area contributed by atoms with Gasteiger partial charge in [-0.15, -0.1) is 0 Å². The topological polar surface area (TPSA) is 126 Å². The number of aromatic nitrogens is 3. The van der Waals surface area contributed by atoms with E-state index in [9.17, 15) is 13.2 Å². The highest BCUT2D eigenvalue weighted by Gasteiger charge is 2.31. The number of carbonyl (C=O) groups is 1. The monoisotopic (exact) mass is 556 g/mol. The van der Waals surface area contributed by atoms with Gasteiger partial charge in [0.2, 0.25) is 15.9 Å². The van der Waals surface area contributed by atoms with E-state index in [1.807, 2.05) is 0 Å². The van der Waals surface area contributed by atoms with Gasteiger partial charge in [0.25, 0.3) is 0 Å². The first-order chi connectivity index (χ1) is 17.3. The summed E-state index contributed by atoms with van der Waals surface area (Å²) in [5, 5.41) is 6.58. The molecule has 2 aliphatic rings. The van der Waals surface area contributed by atoms with Crippen LogP contribution in [-0.4, -0.2) is 72.2 Å². The maximum absolute atomic E-state index is 12.9. The number of pyridine rings is 1. The van der Waals surface area contributed by atoms with Crippen LogP contribution in [0.15, 0.2) is 18.5 Å². The van der Waals surface area contributed by atoms with E-state index in [4.69, 9.17) is 27.9 Å². The van der Waals surface area contributed by atoms with E-state index in [-0.39, 0.29) is 29.2 Å². The third kappa shape index (κ3) is 6.63. The molecule has 2 N–H and O–H groups in total. The fourth-order valence-electron chi connectivity index (χ4n) is 4.34. The van der Waals surface area contributed by atoms with E-state index in [1.54, 1.807) is 19.2 Å². The van der Waals surface area contributed by atoms with Crippen molar-refractivity contribution >= 4 is 50.8 Å². The fraction of sp³-hybridized carbons (Fsp3) is 0.565. The van der Waals surface area contributed by atoms with E-state index >= 15 is 0 Å². The Kier molecular flexibility index (Phi) is 9.00. The van der Waals surface area contributed by atoms with Crippen molar-refractivity contribution in [2.45, 2.75) is 32.6 Å². The van der Waals surface area contributed by atoms with Gasteiger partial charge in [0.15, 0.2) is 5.15 Å². The number of carbonyl (C=O) groups excluding carboxylic acids is 1. The SMILES string of the molecule is CCS(=O)(=O)N1CCCC(C(=O)Nc2cc(-c3nc(NCC4CCOCC4)cnc3Cl)c(Cl)cn2)C1. The number of ether oxygens (including phenoxy) is 1. The van der Waals surface area contributed by atoms with Gasteiger partial charge in [-0.3, -0.25) is 4.79 Å². The van der Waals surface area contributed by atoms with Crippen molar-refractivity contribution in [2.75, 3.05) is 49.2 Å². The summed E-state index contributed by atoms with van der Waals surface area (Å²) in [4.78, 5) is 26.0. The van der Waals surface area contributed by atoms with E-state index in [0.29, 0.717) is 47.4 Å². The highest BCUT2D eigenvalue weighted by molar-refractivity contribution is 7.89.